The molecular formula is C9H13N3O3. The van der Waals surface area contributed by atoms with Crippen molar-refractivity contribution >= 4 is 17.7 Å². The lowest BCUT2D eigenvalue weighted by molar-refractivity contribution is -0.123. The number of carboxylic acids is 1. The molecule has 1 rings (SSSR count). The van der Waals surface area contributed by atoms with Crippen LogP contribution < -0.4 is 5.32 Å². The highest BCUT2D eigenvalue weighted by Gasteiger charge is 2.24. The van der Waals surface area contributed by atoms with Crippen LogP contribution in [0.4, 0.5) is 5.82 Å². The van der Waals surface area contributed by atoms with E-state index in [4.69, 9.17) is 5.11 Å². The number of anilines is 1. The standard InChI is InChI=1S/C9H13N3O3/c1-9(2,3)8(15)12-6-5(7(13)14)10-4-11-6/h4H,1-3H3,(H,10,11)(H,12,15)(H,13,14). The molecule has 0 aliphatic heterocycles. The van der Waals surface area contributed by atoms with Crippen molar-refractivity contribution in [2.45, 2.75) is 20.8 Å². The van der Waals surface area contributed by atoms with E-state index in [0.29, 0.717) is 0 Å². The number of carbonyl (C=O) groups is 2. The quantitative estimate of drug-likeness (QED) is 0.682. The number of carboxylic acid groups (broad SMARTS) is 1. The van der Waals surface area contributed by atoms with E-state index in [1.54, 1.807) is 20.8 Å². The average Bonchev–Trinajstić information content (AvgIpc) is 2.50. The number of imidazole rings is 1. The maximum atomic E-state index is 11.5. The van der Waals surface area contributed by atoms with Gasteiger partial charge in [-0.1, -0.05) is 20.8 Å². The highest BCUT2D eigenvalue weighted by atomic mass is 16.4. The van der Waals surface area contributed by atoms with Gasteiger partial charge in [0.15, 0.2) is 11.5 Å². The monoisotopic (exact) mass is 211 g/mol. The summed E-state index contributed by atoms with van der Waals surface area (Å²) in [5, 5.41) is 11.2. The minimum Gasteiger partial charge on any atom is -0.476 e. The maximum absolute atomic E-state index is 11.5. The summed E-state index contributed by atoms with van der Waals surface area (Å²) in [4.78, 5) is 28.4. The largest absolute Gasteiger partial charge is 0.476 e. The topological polar surface area (TPSA) is 95.1 Å². The molecule has 15 heavy (non-hydrogen) atoms. The minimum atomic E-state index is -1.16. The fourth-order valence-corrected chi connectivity index (χ4v) is 0.847. The number of H-pyrrole nitrogens is 1. The summed E-state index contributed by atoms with van der Waals surface area (Å²) in [6.45, 7) is 5.19. The van der Waals surface area contributed by atoms with Crippen LogP contribution in [-0.4, -0.2) is 27.0 Å². The summed E-state index contributed by atoms with van der Waals surface area (Å²) in [6.07, 6.45) is 1.22. The molecule has 6 nitrogen and oxygen atoms in total. The summed E-state index contributed by atoms with van der Waals surface area (Å²) in [5.41, 5.74) is -0.707. The third-order valence-electron chi connectivity index (χ3n) is 1.77. The number of aromatic amines is 1. The van der Waals surface area contributed by atoms with E-state index >= 15 is 0 Å². The van der Waals surface area contributed by atoms with Crippen LogP contribution in [0.15, 0.2) is 6.33 Å². The lowest BCUT2D eigenvalue weighted by Crippen LogP contribution is -2.28. The number of nitrogens with zero attached hydrogens (tertiary/aromatic N) is 1. The Morgan fingerprint density at radius 2 is 2.07 bits per heavy atom. The Labute approximate surface area is 86.7 Å². The summed E-state index contributed by atoms with van der Waals surface area (Å²) in [5.74, 6) is -1.39. The molecule has 6 heteroatoms. The third kappa shape index (κ3) is 2.55. The second kappa shape index (κ2) is 3.72. The number of hydrogen-bond donors (Lipinski definition) is 3. The summed E-state index contributed by atoms with van der Waals surface area (Å²) in [6, 6.07) is 0. The molecule has 0 radical (unpaired) electrons. The molecule has 82 valence electrons. The fourth-order valence-electron chi connectivity index (χ4n) is 0.847. The van der Waals surface area contributed by atoms with E-state index in [2.05, 4.69) is 15.3 Å². The van der Waals surface area contributed by atoms with Crippen LogP contribution >= 0.6 is 0 Å². The zero-order chi connectivity index (χ0) is 11.6. The molecule has 0 atom stereocenters. The van der Waals surface area contributed by atoms with E-state index in [0.717, 1.165) is 0 Å². The van der Waals surface area contributed by atoms with E-state index in [1.165, 1.54) is 6.33 Å². The van der Waals surface area contributed by atoms with Crippen molar-refractivity contribution in [2.24, 2.45) is 5.41 Å². The van der Waals surface area contributed by atoms with Crippen LogP contribution in [0.25, 0.3) is 0 Å². The normalized spacial score (nSPS) is 11.1. The van der Waals surface area contributed by atoms with Gasteiger partial charge in [-0.05, 0) is 0 Å². The first-order chi connectivity index (χ1) is 6.82. The molecule has 3 N–H and O–H groups in total. The number of rotatable bonds is 2. The van der Waals surface area contributed by atoms with E-state index in [1.807, 2.05) is 0 Å². The number of amides is 1. The highest BCUT2D eigenvalue weighted by Crippen LogP contribution is 2.17. The Morgan fingerprint density at radius 1 is 1.47 bits per heavy atom. The van der Waals surface area contributed by atoms with Gasteiger partial charge < -0.3 is 15.4 Å². The van der Waals surface area contributed by atoms with Crippen LogP contribution in [0.3, 0.4) is 0 Å². The molecule has 1 amide bonds. The summed E-state index contributed by atoms with van der Waals surface area (Å²) < 4.78 is 0. The van der Waals surface area contributed by atoms with Crippen molar-refractivity contribution in [3.05, 3.63) is 12.0 Å². The SMILES string of the molecule is CC(C)(C)C(=O)Nc1nc[nH]c1C(=O)O. The minimum absolute atomic E-state index is 0.0439. The van der Waals surface area contributed by atoms with Gasteiger partial charge in [0.1, 0.15) is 0 Å². The Hall–Kier alpha value is -1.85. The summed E-state index contributed by atoms with van der Waals surface area (Å²) in [7, 11) is 0. The van der Waals surface area contributed by atoms with Crippen molar-refractivity contribution in [1.82, 2.24) is 9.97 Å². The van der Waals surface area contributed by atoms with E-state index in [-0.39, 0.29) is 17.4 Å². The van der Waals surface area contributed by atoms with Gasteiger partial charge in [0, 0.05) is 5.41 Å². The van der Waals surface area contributed by atoms with Crippen LogP contribution in [-0.2, 0) is 4.79 Å². The molecule has 0 unspecified atom stereocenters. The molecular weight excluding hydrogens is 198 g/mol. The van der Waals surface area contributed by atoms with Gasteiger partial charge in [0.05, 0.1) is 6.33 Å². The van der Waals surface area contributed by atoms with Crippen molar-refractivity contribution in [3.8, 4) is 0 Å². The Balaban J connectivity index is 2.86. The number of nitrogens with one attached hydrogen (secondary N) is 2. The zero-order valence-electron chi connectivity index (χ0n) is 8.79. The van der Waals surface area contributed by atoms with Gasteiger partial charge in [-0.2, -0.15) is 0 Å². The molecule has 0 aromatic carbocycles. The van der Waals surface area contributed by atoms with Crippen LogP contribution in [0.2, 0.25) is 0 Å². The molecule has 0 spiro atoms. The van der Waals surface area contributed by atoms with Gasteiger partial charge in [-0.25, -0.2) is 9.78 Å². The first kappa shape index (κ1) is 11.2. The summed E-state index contributed by atoms with van der Waals surface area (Å²) >= 11 is 0. The van der Waals surface area contributed by atoms with Gasteiger partial charge >= 0.3 is 5.97 Å². The number of aromatic nitrogens is 2. The number of aromatic carboxylic acids is 1. The van der Waals surface area contributed by atoms with Crippen molar-refractivity contribution < 1.29 is 14.7 Å². The average molecular weight is 211 g/mol. The van der Waals surface area contributed by atoms with E-state index < -0.39 is 11.4 Å². The van der Waals surface area contributed by atoms with Crippen molar-refractivity contribution in [2.75, 3.05) is 5.32 Å². The molecule has 1 heterocycles. The third-order valence-corrected chi connectivity index (χ3v) is 1.77. The zero-order valence-corrected chi connectivity index (χ0v) is 8.79. The fraction of sp³-hybridized carbons (Fsp3) is 0.444. The van der Waals surface area contributed by atoms with Crippen molar-refractivity contribution in [1.29, 1.82) is 0 Å². The highest BCUT2D eigenvalue weighted by molar-refractivity contribution is 5.99. The van der Waals surface area contributed by atoms with Gasteiger partial charge in [0.25, 0.3) is 0 Å². The molecule has 0 aliphatic rings. The first-order valence-corrected chi connectivity index (χ1v) is 4.40. The molecule has 0 bridgehead atoms. The predicted octanol–water partition coefficient (Wildman–Crippen LogP) is 1.09. The second-order valence-corrected chi connectivity index (χ2v) is 4.14. The maximum Gasteiger partial charge on any atom is 0.356 e. The van der Waals surface area contributed by atoms with Crippen LogP contribution in [0, 0.1) is 5.41 Å². The van der Waals surface area contributed by atoms with Crippen molar-refractivity contribution in [3.63, 3.8) is 0 Å². The molecule has 0 fully saturated rings. The lowest BCUT2D eigenvalue weighted by atomic mass is 9.96. The molecule has 0 aliphatic carbocycles. The van der Waals surface area contributed by atoms with Crippen LogP contribution in [0.5, 0.6) is 0 Å². The molecule has 1 aromatic heterocycles. The lowest BCUT2D eigenvalue weighted by Gasteiger charge is -2.16. The Bertz CT molecular complexity index is 390. The van der Waals surface area contributed by atoms with Crippen LogP contribution in [0.1, 0.15) is 31.3 Å². The smallest absolute Gasteiger partial charge is 0.356 e. The van der Waals surface area contributed by atoms with Gasteiger partial charge in [-0.15, -0.1) is 0 Å². The number of carbonyl (C=O) groups excluding carboxylic acids is 1. The van der Waals surface area contributed by atoms with E-state index in [9.17, 15) is 9.59 Å². The first-order valence-electron chi connectivity index (χ1n) is 4.40. The molecule has 1 aromatic rings. The number of hydrogen-bond acceptors (Lipinski definition) is 3. The predicted molar refractivity (Wildman–Crippen MR) is 53.6 cm³/mol. The van der Waals surface area contributed by atoms with Gasteiger partial charge in [-0.3, -0.25) is 4.79 Å². The molecule has 0 saturated carbocycles. The molecule has 0 saturated heterocycles. The second-order valence-electron chi connectivity index (χ2n) is 4.14. The Morgan fingerprint density at radius 3 is 2.53 bits per heavy atom. The Kier molecular flexibility index (Phi) is 2.78. The van der Waals surface area contributed by atoms with Gasteiger partial charge in [0.2, 0.25) is 5.91 Å².